The molecule has 0 amide bonds. The molecule has 0 aliphatic heterocycles. The highest BCUT2D eigenvalue weighted by atomic mass is 79.9. The zero-order chi connectivity index (χ0) is 10.2. The van der Waals surface area contributed by atoms with Crippen molar-refractivity contribution in [3.63, 3.8) is 0 Å². The van der Waals surface area contributed by atoms with E-state index < -0.39 is 4.32 Å². The van der Waals surface area contributed by atoms with Gasteiger partial charge in [-0.3, -0.25) is 4.79 Å². The highest BCUT2D eigenvalue weighted by Crippen LogP contribution is 2.33. The van der Waals surface area contributed by atoms with Crippen molar-refractivity contribution in [2.45, 2.75) is 17.7 Å². The molecule has 72 valence electrons. The van der Waals surface area contributed by atoms with E-state index >= 15 is 0 Å². The first-order valence-corrected chi connectivity index (χ1v) is 5.38. The maximum Gasteiger partial charge on any atom is 0.150 e. The van der Waals surface area contributed by atoms with E-state index in [1.807, 2.05) is 24.3 Å². The summed E-state index contributed by atoms with van der Waals surface area (Å²) in [7, 11) is 0. The fourth-order valence-electron chi connectivity index (χ4n) is 1.66. The average molecular weight is 251 g/mol. The number of halogens is 1. The van der Waals surface area contributed by atoms with Crippen molar-refractivity contribution in [1.29, 1.82) is 0 Å². The summed E-state index contributed by atoms with van der Waals surface area (Å²) in [6.45, 7) is 1.62. The van der Waals surface area contributed by atoms with E-state index in [1.54, 1.807) is 6.92 Å². The SMILES string of the molecule is CC(=O)C1(Br)C=Cc2ccccc2C1. The molecule has 1 unspecified atom stereocenters. The van der Waals surface area contributed by atoms with Crippen LogP contribution in [0.2, 0.25) is 0 Å². The van der Waals surface area contributed by atoms with Gasteiger partial charge in [0.05, 0.1) is 0 Å². The smallest absolute Gasteiger partial charge is 0.150 e. The van der Waals surface area contributed by atoms with Crippen molar-refractivity contribution < 1.29 is 4.79 Å². The van der Waals surface area contributed by atoms with Crippen LogP contribution in [0.5, 0.6) is 0 Å². The first-order valence-electron chi connectivity index (χ1n) is 4.59. The van der Waals surface area contributed by atoms with Gasteiger partial charge in [-0.15, -0.1) is 0 Å². The molecular weight excluding hydrogens is 240 g/mol. The number of fused-ring (bicyclic) bond motifs is 1. The maximum absolute atomic E-state index is 11.4. The van der Waals surface area contributed by atoms with Gasteiger partial charge in [0.2, 0.25) is 0 Å². The minimum atomic E-state index is -0.485. The van der Waals surface area contributed by atoms with Gasteiger partial charge in [-0.2, -0.15) is 0 Å². The molecule has 2 heteroatoms. The van der Waals surface area contributed by atoms with E-state index in [9.17, 15) is 4.79 Å². The van der Waals surface area contributed by atoms with Crippen molar-refractivity contribution in [2.75, 3.05) is 0 Å². The van der Waals surface area contributed by atoms with E-state index in [2.05, 4.69) is 28.1 Å². The molecule has 0 radical (unpaired) electrons. The van der Waals surface area contributed by atoms with Gasteiger partial charge >= 0.3 is 0 Å². The summed E-state index contributed by atoms with van der Waals surface area (Å²) in [6.07, 6.45) is 4.70. The molecule has 1 aliphatic rings. The summed E-state index contributed by atoms with van der Waals surface area (Å²) >= 11 is 3.49. The highest BCUT2D eigenvalue weighted by Gasteiger charge is 2.32. The molecule has 1 aliphatic carbocycles. The Morgan fingerprint density at radius 3 is 2.86 bits per heavy atom. The lowest BCUT2D eigenvalue weighted by molar-refractivity contribution is -0.118. The fraction of sp³-hybridized carbons (Fsp3) is 0.250. The number of hydrogen-bond donors (Lipinski definition) is 0. The summed E-state index contributed by atoms with van der Waals surface area (Å²) < 4.78 is -0.485. The van der Waals surface area contributed by atoms with Gasteiger partial charge < -0.3 is 0 Å². The average Bonchev–Trinajstić information content (AvgIpc) is 2.17. The summed E-state index contributed by atoms with van der Waals surface area (Å²) in [6, 6.07) is 8.15. The lowest BCUT2D eigenvalue weighted by Gasteiger charge is -2.25. The number of Topliss-reactive ketones (excluding diaryl/α,β-unsaturated/α-hetero) is 1. The van der Waals surface area contributed by atoms with E-state index in [0.29, 0.717) is 0 Å². The third kappa shape index (κ3) is 1.55. The number of alkyl halides is 1. The molecular formula is C12H11BrO. The van der Waals surface area contributed by atoms with Gasteiger partial charge in [-0.1, -0.05) is 52.3 Å². The monoisotopic (exact) mass is 250 g/mol. The van der Waals surface area contributed by atoms with Crippen molar-refractivity contribution in [3.05, 3.63) is 41.5 Å². The molecule has 0 N–H and O–H groups in total. The van der Waals surface area contributed by atoms with E-state index in [-0.39, 0.29) is 5.78 Å². The molecule has 1 aromatic carbocycles. The number of benzene rings is 1. The van der Waals surface area contributed by atoms with Gasteiger partial charge in [0.1, 0.15) is 4.32 Å². The second-order valence-electron chi connectivity index (χ2n) is 3.63. The summed E-state index contributed by atoms with van der Waals surface area (Å²) in [5.41, 5.74) is 2.44. The number of allylic oxidation sites excluding steroid dienone is 1. The summed E-state index contributed by atoms with van der Waals surface area (Å²) in [5, 5.41) is 0. The van der Waals surface area contributed by atoms with Crippen molar-refractivity contribution >= 4 is 27.8 Å². The predicted molar refractivity (Wildman–Crippen MR) is 61.5 cm³/mol. The number of carbonyl (C=O) groups excluding carboxylic acids is 1. The Morgan fingerprint density at radius 2 is 2.14 bits per heavy atom. The Bertz CT molecular complexity index is 409. The molecule has 0 fully saturated rings. The zero-order valence-electron chi connectivity index (χ0n) is 7.96. The van der Waals surface area contributed by atoms with Gasteiger partial charge in [0, 0.05) is 0 Å². The van der Waals surface area contributed by atoms with Gasteiger partial charge in [-0.25, -0.2) is 0 Å². The number of hydrogen-bond acceptors (Lipinski definition) is 1. The van der Waals surface area contributed by atoms with Crippen LogP contribution in [0, 0.1) is 0 Å². The van der Waals surface area contributed by atoms with Crippen molar-refractivity contribution in [2.24, 2.45) is 0 Å². The maximum atomic E-state index is 11.4. The normalized spacial score (nSPS) is 24.4. The van der Waals surface area contributed by atoms with Gasteiger partial charge in [0.15, 0.2) is 5.78 Å². The Hall–Kier alpha value is -0.890. The third-order valence-electron chi connectivity index (χ3n) is 2.62. The van der Waals surface area contributed by atoms with Gasteiger partial charge in [-0.05, 0) is 24.5 Å². The van der Waals surface area contributed by atoms with E-state index in [4.69, 9.17) is 0 Å². The van der Waals surface area contributed by atoms with E-state index in [0.717, 1.165) is 6.42 Å². The minimum Gasteiger partial charge on any atom is -0.298 e. The van der Waals surface area contributed by atoms with Crippen molar-refractivity contribution in [1.82, 2.24) is 0 Å². The van der Waals surface area contributed by atoms with Crippen LogP contribution < -0.4 is 0 Å². The molecule has 0 aromatic heterocycles. The van der Waals surface area contributed by atoms with Crippen LogP contribution in [0.3, 0.4) is 0 Å². The molecule has 0 heterocycles. The molecule has 1 atom stereocenters. The molecule has 0 spiro atoms. The number of ketones is 1. The number of rotatable bonds is 1. The van der Waals surface area contributed by atoms with Crippen LogP contribution in [0.4, 0.5) is 0 Å². The quantitative estimate of drug-likeness (QED) is 0.701. The molecule has 0 saturated carbocycles. The third-order valence-corrected chi connectivity index (χ3v) is 3.72. The Morgan fingerprint density at radius 1 is 1.43 bits per heavy atom. The Labute approximate surface area is 92.0 Å². The zero-order valence-corrected chi connectivity index (χ0v) is 9.54. The summed E-state index contributed by atoms with van der Waals surface area (Å²) in [5.74, 6) is 0.156. The molecule has 1 nitrogen and oxygen atoms in total. The lowest BCUT2D eigenvalue weighted by Crippen LogP contribution is -2.31. The van der Waals surface area contributed by atoms with Crippen molar-refractivity contribution in [3.8, 4) is 0 Å². The second-order valence-corrected chi connectivity index (χ2v) is 5.04. The minimum absolute atomic E-state index is 0.156. The molecule has 0 saturated heterocycles. The Balaban J connectivity index is 2.43. The predicted octanol–water partition coefficient (Wildman–Crippen LogP) is 2.98. The largest absolute Gasteiger partial charge is 0.298 e. The summed E-state index contributed by atoms with van der Waals surface area (Å²) in [4.78, 5) is 11.4. The number of carbonyl (C=O) groups is 1. The van der Waals surface area contributed by atoms with Crippen LogP contribution in [-0.4, -0.2) is 10.1 Å². The molecule has 0 bridgehead atoms. The van der Waals surface area contributed by atoms with Crippen LogP contribution in [0.25, 0.3) is 6.08 Å². The van der Waals surface area contributed by atoms with Crippen LogP contribution in [-0.2, 0) is 11.2 Å². The second kappa shape index (κ2) is 3.35. The standard InChI is InChI=1S/C12H11BrO/c1-9(14)12(13)7-6-10-4-2-3-5-11(10)8-12/h2-7H,8H2,1H3. The van der Waals surface area contributed by atoms with E-state index in [1.165, 1.54) is 11.1 Å². The molecule has 2 rings (SSSR count). The highest BCUT2D eigenvalue weighted by molar-refractivity contribution is 9.10. The topological polar surface area (TPSA) is 17.1 Å². The molecule has 1 aromatic rings. The van der Waals surface area contributed by atoms with Crippen LogP contribution in [0.1, 0.15) is 18.1 Å². The fourth-order valence-corrected chi connectivity index (χ4v) is 2.09. The molecule has 14 heavy (non-hydrogen) atoms. The van der Waals surface area contributed by atoms with Gasteiger partial charge in [0.25, 0.3) is 0 Å². The lowest BCUT2D eigenvalue weighted by atomic mass is 9.87. The first-order chi connectivity index (χ1) is 6.62. The van der Waals surface area contributed by atoms with Crippen LogP contribution >= 0.6 is 15.9 Å². The first kappa shape index (κ1) is 9.66. The van der Waals surface area contributed by atoms with Crippen LogP contribution in [0.15, 0.2) is 30.3 Å². The Kier molecular flexibility index (Phi) is 2.31.